The van der Waals surface area contributed by atoms with Gasteiger partial charge in [-0.2, -0.15) is 22.0 Å². The van der Waals surface area contributed by atoms with Crippen molar-refractivity contribution in [2.45, 2.75) is 44.2 Å². The second-order valence-corrected chi connectivity index (χ2v) is 2.83. The molecule has 0 N–H and O–H groups in total. The van der Waals surface area contributed by atoms with Crippen LogP contribution in [0.4, 0.5) is 30.7 Å². The molecule has 0 aromatic rings. The zero-order valence-corrected chi connectivity index (χ0v) is 7.21. The van der Waals surface area contributed by atoms with E-state index < -0.39 is 30.9 Å². The lowest BCUT2D eigenvalue weighted by Gasteiger charge is -2.25. The standard InChI is InChI=1S/C7H9F7/c1-2-3-4(8)5(9)6(10,11)7(12,13)14/h4-5H,2-3H2,1H3/t4?,5-/m0/s1. The van der Waals surface area contributed by atoms with Crippen molar-refractivity contribution in [1.82, 2.24) is 0 Å². The van der Waals surface area contributed by atoms with Crippen LogP contribution in [-0.2, 0) is 0 Å². The molecule has 0 saturated heterocycles. The highest BCUT2D eigenvalue weighted by Crippen LogP contribution is 2.41. The molecule has 1 unspecified atom stereocenters. The molecule has 0 fully saturated rings. The molecule has 7 heteroatoms. The number of halogens is 7. The maximum Gasteiger partial charge on any atom is 0.456 e. The van der Waals surface area contributed by atoms with Crippen LogP contribution in [-0.4, -0.2) is 24.4 Å². The van der Waals surface area contributed by atoms with Crippen LogP contribution in [0, 0.1) is 0 Å². The van der Waals surface area contributed by atoms with Crippen molar-refractivity contribution in [3.05, 3.63) is 0 Å². The summed E-state index contributed by atoms with van der Waals surface area (Å²) in [6.07, 6.45) is -13.3. The minimum Gasteiger partial charge on any atom is -0.244 e. The van der Waals surface area contributed by atoms with Crippen LogP contribution in [0.5, 0.6) is 0 Å². The van der Waals surface area contributed by atoms with E-state index in [4.69, 9.17) is 0 Å². The van der Waals surface area contributed by atoms with Crippen molar-refractivity contribution in [3.8, 4) is 0 Å². The first-order valence-electron chi connectivity index (χ1n) is 3.87. The van der Waals surface area contributed by atoms with Crippen molar-refractivity contribution >= 4 is 0 Å². The van der Waals surface area contributed by atoms with E-state index in [9.17, 15) is 30.7 Å². The summed E-state index contributed by atoms with van der Waals surface area (Å²) in [5.41, 5.74) is 0. The summed E-state index contributed by atoms with van der Waals surface area (Å²) >= 11 is 0. The molecule has 86 valence electrons. The summed E-state index contributed by atoms with van der Waals surface area (Å²) in [7, 11) is 0. The van der Waals surface area contributed by atoms with Crippen LogP contribution in [0.25, 0.3) is 0 Å². The Balaban J connectivity index is 4.57. The SMILES string of the molecule is CCCC(F)[C@H](F)C(F)(F)C(F)(F)F. The first kappa shape index (κ1) is 13.5. The molecule has 0 bridgehead atoms. The van der Waals surface area contributed by atoms with Crippen LogP contribution >= 0.6 is 0 Å². The summed E-state index contributed by atoms with van der Waals surface area (Å²) in [5.74, 6) is -5.62. The number of hydrogen-bond donors (Lipinski definition) is 0. The predicted octanol–water partition coefficient (Wildman–Crippen LogP) is 3.66. The fourth-order valence-corrected chi connectivity index (χ4v) is 0.806. The van der Waals surface area contributed by atoms with Gasteiger partial charge in [0.25, 0.3) is 0 Å². The Labute approximate surface area is 76.1 Å². The summed E-state index contributed by atoms with van der Waals surface area (Å²) in [6.45, 7) is 1.35. The number of rotatable bonds is 4. The topological polar surface area (TPSA) is 0 Å². The third-order valence-electron chi connectivity index (χ3n) is 1.61. The molecule has 0 aromatic carbocycles. The van der Waals surface area contributed by atoms with Gasteiger partial charge in [-0.1, -0.05) is 13.3 Å². The van der Waals surface area contributed by atoms with Crippen molar-refractivity contribution < 1.29 is 30.7 Å². The van der Waals surface area contributed by atoms with Crippen LogP contribution in [0.15, 0.2) is 0 Å². The van der Waals surface area contributed by atoms with E-state index in [0.717, 1.165) is 0 Å². The molecule has 0 rings (SSSR count). The van der Waals surface area contributed by atoms with Gasteiger partial charge in [-0.15, -0.1) is 0 Å². The minimum absolute atomic E-state index is 0.00444. The van der Waals surface area contributed by atoms with Crippen LogP contribution in [0.3, 0.4) is 0 Å². The Morgan fingerprint density at radius 1 is 1.00 bits per heavy atom. The van der Waals surface area contributed by atoms with E-state index in [1.54, 1.807) is 0 Å². The Morgan fingerprint density at radius 2 is 1.43 bits per heavy atom. The molecule has 0 aromatic heterocycles. The molecule has 0 radical (unpaired) electrons. The second kappa shape index (κ2) is 4.35. The maximum absolute atomic E-state index is 12.5. The molecule has 0 spiro atoms. The van der Waals surface area contributed by atoms with Crippen molar-refractivity contribution in [2.75, 3.05) is 0 Å². The molecule has 2 atom stereocenters. The highest BCUT2D eigenvalue weighted by atomic mass is 19.4. The zero-order chi connectivity index (χ0) is 11.6. The normalized spacial score (nSPS) is 18.0. The first-order valence-corrected chi connectivity index (χ1v) is 3.87. The molecule has 0 aliphatic heterocycles. The van der Waals surface area contributed by atoms with Crippen molar-refractivity contribution in [1.29, 1.82) is 0 Å². The molecule has 0 saturated carbocycles. The van der Waals surface area contributed by atoms with Gasteiger partial charge in [-0.05, 0) is 6.42 Å². The van der Waals surface area contributed by atoms with Gasteiger partial charge in [0.05, 0.1) is 0 Å². The van der Waals surface area contributed by atoms with Gasteiger partial charge in [0, 0.05) is 0 Å². The van der Waals surface area contributed by atoms with Crippen LogP contribution < -0.4 is 0 Å². The molecule has 0 aliphatic rings. The van der Waals surface area contributed by atoms with E-state index in [0.29, 0.717) is 0 Å². The molecular formula is C7H9F7. The molecule has 0 amide bonds. The largest absolute Gasteiger partial charge is 0.456 e. The zero-order valence-electron chi connectivity index (χ0n) is 7.21. The summed E-state index contributed by atoms with van der Waals surface area (Å²) < 4.78 is 83.8. The minimum atomic E-state index is -6.05. The lowest BCUT2D eigenvalue weighted by atomic mass is 10.1. The number of hydrogen-bond acceptors (Lipinski definition) is 0. The van der Waals surface area contributed by atoms with Gasteiger partial charge in [0.1, 0.15) is 6.17 Å². The average molecular weight is 226 g/mol. The molecule has 14 heavy (non-hydrogen) atoms. The lowest BCUT2D eigenvalue weighted by Crippen LogP contribution is -2.49. The van der Waals surface area contributed by atoms with Gasteiger partial charge < -0.3 is 0 Å². The van der Waals surface area contributed by atoms with E-state index in [2.05, 4.69) is 0 Å². The van der Waals surface area contributed by atoms with Gasteiger partial charge in [0.2, 0.25) is 6.17 Å². The van der Waals surface area contributed by atoms with E-state index in [1.807, 2.05) is 0 Å². The Hall–Kier alpha value is -0.490. The number of alkyl halides is 7. The van der Waals surface area contributed by atoms with Gasteiger partial charge in [-0.3, -0.25) is 0 Å². The lowest BCUT2D eigenvalue weighted by molar-refractivity contribution is -0.309. The summed E-state index contributed by atoms with van der Waals surface area (Å²) in [5, 5.41) is 0. The molecule has 0 aliphatic carbocycles. The first-order chi connectivity index (χ1) is 6.14. The average Bonchev–Trinajstić information content (AvgIpc) is 2.01. The van der Waals surface area contributed by atoms with E-state index in [-0.39, 0.29) is 6.42 Å². The van der Waals surface area contributed by atoms with Gasteiger partial charge in [0.15, 0.2) is 0 Å². The fourth-order valence-electron chi connectivity index (χ4n) is 0.806. The summed E-state index contributed by atoms with van der Waals surface area (Å²) in [4.78, 5) is 0. The molecule has 0 nitrogen and oxygen atoms in total. The maximum atomic E-state index is 12.5. The monoisotopic (exact) mass is 226 g/mol. The van der Waals surface area contributed by atoms with E-state index in [1.165, 1.54) is 6.92 Å². The third-order valence-corrected chi connectivity index (χ3v) is 1.61. The summed E-state index contributed by atoms with van der Waals surface area (Å²) in [6, 6.07) is 0. The van der Waals surface area contributed by atoms with Crippen LogP contribution in [0.2, 0.25) is 0 Å². The molecular weight excluding hydrogens is 217 g/mol. The molecule has 0 heterocycles. The Bertz CT molecular complexity index is 173. The quantitative estimate of drug-likeness (QED) is 0.641. The van der Waals surface area contributed by atoms with Crippen molar-refractivity contribution in [2.24, 2.45) is 0 Å². The fraction of sp³-hybridized carbons (Fsp3) is 1.00. The predicted molar refractivity (Wildman–Crippen MR) is 35.7 cm³/mol. The van der Waals surface area contributed by atoms with Crippen LogP contribution in [0.1, 0.15) is 19.8 Å². The third kappa shape index (κ3) is 2.75. The van der Waals surface area contributed by atoms with E-state index >= 15 is 0 Å². The van der Waals surface area contributed by atoms with Gasteiger partial charge in [-0.25, -0.2) is 8.78 Å². The Kier molecular flexibility index (Phi) is 4.20. The Morgan fingerprint density at radius 3 is 1.71 bits per heavy atom. The second-order valence-electron chi connectivity index (χ2n) is 2.83. The highest BCUT2D eigenvalue weighted by Gasteiger charge is 2.65. The highest BCUT2D eigenvalue weighted by molar-refractivity contribution is 4.88. The smallest absolute Gasteiger partial charge is 0.244 e. The van der Waals surface area contributed by atoms with Gasteiger partial charge >= 0.3 is 12.1 Å². The van der Waals surface area contributed by atoms with Crippen molar-refractivity contribution in [3.63, 3.8) is 0 Å².